The first-order valence-electron chi connectivity index (χ1n) is 6.42. The Balaban J connectivity index is 2.18. The maximum Gasteiger partial charge on any atom is 0.254 e. The van der Waals surface area contributed by atoms with E-state index in [1.54, 1.807) is 0 Å². The minimum absolute atomic E-state index is 0.107. The molecule has 2 rings (SSSR count). The SMILES string of the molecule is Cc1c(N)cccc1C(=O)N1CCCN(C)CC1. The number of rotatable bonds is 1. The van der Waals surface area contributed by atoms with Crippen LogP contribution in [0, 0.1) is 6.92 Å². The van der Waals surface area contributed by atoms with Crippen LogP contribution in [0.4, 0.5) is 5.69 Å². The van der Waals surface area contributed by atoms with Gasteiger partial charge in [0, 0.05) is 30.9 Å². The van der Waals surface area contributed by atoms with Crippen LogP contribution in [0.15, 0.2) is 18.2 Å². The van der Waals surface area contributed by atoms with Crippen LogP contribution in [0.2, 0.25) is 0 Å². The maximum absolute atomic E-state index is 12.5. The molecule has 1 heterocycles. The highest BCUT2D eigenvalue weighted by atomic mass is 16.2. The maximum atomic E-state index is 12.5. The Labute approximate surface area is 108 Å². The predicted octanol–water partition coefficient (Wildman–Crippen LogP) is 1.35. The number of carbonyl (C=O) groups is 1. The van der Waals surface area contributed by atoms with Gasteiger partial charge in [-0.25, -0.2) is 0 Å². The molecule has 98 valence electrons. The number of carbonyl (C=O) groups excluding carboxylic acids is 1. The molecule has 0 radical (unpaired) electrons. The summed E-state index contributed by atoms with van der Waals surface area (Å²) in [6.45, 7) is 5.53. The molecule has 1 aliphatic heterocycles. The normalized spacial score (nSPS) is 17.6. The van der Waals surface area contributed by atoms with Gasteiger partial charge in [-0.2, -0.15) is 0 Å². The Morgan fingerprint density at radius 2 is 2.00 bits per heavy atom. The summed E-state index contributed by atoms with van der Waals surface area (Å²) in [7, 11) is 2.10. The van der Waals surface area contributed by atoms with Crippen LogP contribution in [-0.4, -0.2) is 48.9 Å². The number of nitrogen functional groups attached to an aromatic ring is 1. The van der Waals surface area contributed by atoms with E-state index in [2.05, 4.69) is 11.9 Å². The fourth-order valence-electron chi connectivity index (χ4n) is 2.31. The Hall–Kier alpha value is -1.55. The van der Waals surface area contributed by atoms with Crippen LogP contribution < -0.4 is 5.73 Å². The first kappa shape index (κ1) is 12.9. The number of hydrogen-bond acceptors (Lipinski definition) is 3. The van der Waals surface area contributed by atoms with Gasteiger partial charge in [-0.3, -0.25) is 4.79 Å². The van der Waals surface area contributed by atoms with Crippen molar-refractivity contribution in [2.45, 2.75) is 13.3 Å². The van der Waals surface area contributed by atoms with Gasteiger partial charge in [-0.1, -0.05) is 6.07 Å². The van der Waals surface area contributed by atoms with Gasteiger partial charge < -0.3 is 15.5 Å². The number of anilines is 1. The minimum Gasteiger partial charge on any atom is -0.398 e. The number of hydrogen-bond donors (Lipinski definition) is 1. The third kappa shape index (κ3) is 2.64. The minimum atomic E-state index is 0.107. The molecule has 1 aromatic rings. The molecule has 0 spiro atoms. The van der Waals surface area contributed by atoms with Gasteiger partial charge in [0.2, 0.25) is 0 Å². The lowest BCUT2D eigenvalue weighted by atomic mass is 10.1. The highest BCUT2D eigenvalue weighted by Crippen LogP contribution is 2.18. The van der Waals surface area contributed by atoms with Gasteiger partial charge in [0.1, 0.15) is 0 Å². The summed E-state index contributed by atoms with van der Waals surface area (Å²) < 4.78 is 0. The van der Waals surface area contributed by atoms with E-state index in [-0.39, 0.29) is 5.91 Å². The highest BCUT2D eigenvalue weighted by Gasteiger charge is 2.20. The molecule has 0 atom stereocenters. The molecule has 0 unspecified atom stereocenters. The summed E-state index contributed by atoms with van der Waals surface area (Å²) in [5.41, 5.74) is 8.17. The van der Waals surface area contributed by atoms with E-state index in [1.165, 1.54) is 0 Å². The van der Waals surface area contributed by atoms with Crippen LogP contribution in [0.1, 0.15) is 22.3 Å². The second kappa shape index (κ2) is 5.40. The van der Waals surface area contributed by atoms with E-state index in [9.17, 15) is 4.79 Å². The van der Waals surface area contributed by atoms with Crippen LogP contribution in [0.25, 0.3) is 0 Å². The van der Waals surface area contributed by atoms with Gasteiger partial charge >= 0.3 is 0 Å². The van der Waals surface area contributed by atoms with Crippen LogP contribution >= 0.6 is 0 Å². The number of likely N-dealkylation sites (N-methyl/N-ethyl adjacent to an activating group) is 1. The monoisotopic (exact) mass is 247 g/mol. The molecule has 2 N–H and O–H groups in total. The van der Waals surface area contributed by atoms with Crippen molar-refractivity contribution in [1.82, 2.24) is 9.80 Å². The molecule has 4 nitrogen and oxygen atoms in total. The molecule has 0 bridgehead atoms. The van der Waals surface area contributed by atoms with Gasteiger partial charge in [0.15, 0.2) is 0 Å². The summed E-state index contributed by atoms with van der Waals surface area (Å²) in [5, 5.41) is 0. The zero-order valence-electron chi connectivity index (χ0n) is 11.1. The third-order valence-electron chi connectivity index (χ3n) is 3.61. The number of amides is 1. The third-order valence-corrected chi connectivity index (χ3v) is 3.61. The summed E-state index contributed by atoms with van der Waals surface area (Å²) in [4.78, 5) is 16.7. The summed E-state index contributed by atoms with van der Waals surface area (Å²) in [6, 6.07) is 5.55. The average molecular weight is 247 g/mol. The van der Waals surface area contributed by atoms with Gasteiger partial charge in [-0.05, 0) is 44.6 Å². The molecule has 1 aromatic carbocycles. The van der Waals surface area contributed by atoms with Crippen molar-refractivity contribution in [2.24, 2.45) is 0 Å². The van der Waals surface area contributed by atoms with Crippen molar-refractivity contribution in [1.29, 1.82) is 0 Å². The van der Waals surface area contributed by atoms with E-state index in [0.29, 0.717) is 5.69 Å². The topological polar surface area (TPSA) is 49.6 Å². The molecule has 18 heavy (non-hydrogen) atoms. The first-order valence-corrected chi connectivity index (χ1v) is 6.42. The zero-order valence-corrected chi connectivity index (χ0v) is 11.1. The van der Waals surface area contributed by atoms with Gasteiger partial charge in [0.05, 0.1) is 0 Å². The van der Waals surface area contributed by atoms with E-state index in [4.69, 9.17) is 5.73 Å². The Bertz CT molecular complexity index is 445. The van der Waals surface area contributed by atoms with Crippen LogP contribution in [0.5, 0.6) is 0 Å². The zero-order chi connectivity index (χ0) is 13.1. The van der Waals surface area contributed by atoms with Crippen molar-refractivity contribution in [3.63, 3.8) is 0 Å². The predicted molar refractivity (Wildman–Crippen MR) is 73.6 cm³/mol. The van der Waals surface area contributed by atoms with Crippen molar-refractivity contribution in [3.05, 3.63) is 29.3 Å². The lowest BCUT2D eigenvalue weighted by Gasteiger charge is -2.21. The standard InChI is InChI=1S/C14H21N3O/c1-11-12(5-3-6-13(11)15)14(18)17-8-4-7-16(2)9-10-17/h3,5-6H,4,7-10,15H2,1-2H3. The smallest absolute Gasteiger partial charge is 0.254 e. The second-order valence-electron chi connectivity index (χ2n) is 4.97. The van der Waals surface area contributed by atoms with E-state index < -0.39 is 0 Å². The van der Waals surface area contributed by atoms with Crippen LogP contribution in [0.3, 0.4) is 0 Å². The second-order valence-corrected chi connectivity index (χ2v) is 4.97. The van der Waals surface area contributed by atoms with Gasteiger partial charge in [-0.15, -0.1) is 0 Å². The summed E-state index contributed by atoms with van der Waals surface area (Å²) >= 11 is 0. The average Bonchev–Trinajstić information content (AvgIpc) is 2.57. The van der Waals surface area contributed by atoms with Crippen molar-refractivity contribution >= 4 is 11.6 Å². The molecular formula is C14H21N3O. The summed E-state index contributed by atoms with van der Waals surface area (Å²) in [5.74, 6) is 0.107. The molecule has 1 fully saturated rings. The highest BCUT2D eigenvalue weighted by molar-refractivity contribution is 5.96. The van der Waals surface area contributed by atoms with Gasteiger partial charge in [0.25, 0.3) is 5.91 Å². The number of benzene rings is 1. The Morgan fingerprint density at radius 1 is 1.22 bits per heavy atom. The number of nitrogens with zero attached hydrogens (tertiary/aromatic N) is 2. The molecule has 1 aliphatic rings. The van der Waals surface area contributed by atoms with E-state index in [1.807, 2.05) is 30.0 Å². The fourth-order valence-corrected chi connectivity index (χ4v) is 2.31. The molecular weight excluding hydrogens is 226 g/mol. The molecule has 4 heteroatoms. The van der Waals surface area contributed by atoms with Crippen LogP contribution in [-0.2, 0) is 0 Å². The largest absolute Gasteiger partial charge is 0.398 e. The molecule has 0 aromatic heterocycles. The number of nitrogens with two attached hydrogens (primary N) is 1. The quantitative estimate of drug-likeness (QED) is 0.762. The van der Waals surface area contributed by atoms with Crippen molar-refractivity contribution in [3.8, 4) is 0 Å². The Morgan fingerprint density at radius 3 is 2.78 bits per heavy atom. The molecule has 0 saturated carbocycles. The summed E-state index contributed by atoms with van der Waals surface area (Å²) in [6.07, 6.45) is 1.03. The lowest BCUT2D eigenvalue weighted by Crippen LogP contribution is -2.34. The van der Waals surface area contributed by atoms with E-state index >= 15 is 0 Å². The molecule has 1 amide bonds. The van der Waals surface area contributed by atoms with Crippen molar-refractivity contribution in [2.75, 3.05) is 39.0 Å². The lowest BCUT2D eigenvalue weighted by molar-refractivity contribution is 0.0762. The fraction of sp³-hybridized carbons (Fsp3) is 0.500. The first-order chi connectivity index (χ1) is 8.59. The molecule has 0 aliphatic carbocycles. The molecule has 1 saturated heterocycles. The van der Waals surface area contributed by atoms with E-state index in [0.717, 1.165) is 43.7 Å². The van der Waals surface area contributed by atoms with Crippen molar-refractivity contribution < 1.29 is 4.79 Å². The Kier molecular flexibility index (Phi) is 3.87.